The predicted octanol–water partition coefficient (Wildman–Crippen LogP) is 2.45. The zero-order chi connectivity index (χ0) is 16.8. The average molecular weight is 330 g/mol. The fraction of sp³-hybridized carbons (Fsp3) is 0.632. The van der Waals surface area contributed by atoms with Crippen molar-refractivity contribution in [1.82, 2.24) is 4.90 Å². The van der Waals surface area contributed by atoms with Crippen molar-refractivity contribution in [2.75, 3.05) is 40.0 Å². The van der Waals surface area contributed by atoms with E-state index in [9.17, 15) is 0 Å². The van der Waals surface area contributed by atoms with E-state index in [0.717, 1.165) is 32.7 Å². The number of para-hydroxylation sites is 1. The topological polar surface area (TPSA) is 54.7 Å². The summed E-state index contributed by atoms with van der Waals surface area (Å²) in [6.45, 7) is 3.91. The SMILES string of the molecule is CO[C@@H]1CCC[C@H]1[C@@H]1COCCN1CCOc1ccccc1C#N. The van der Waals surface area contributed by atoms with Crippen LogP contribution >= 0.6 is 0 Å². The van der Waals surface area contributed by atoms with Crippen molar-refractivity contribution >= 4 is 0 Å². The number of nitrogens with zero attached hydrogens (tertiary/aromatic N) is 2. The maximum absolute atomic E-state index is 9.14. The fourth-order valence-electron chi connectivity index (χ4n) is 3.97. The van der Waals surface area contributed by atoms with Crippen LogP contribution in [0.1, 0.15) is 24.8 Å². The van der Waals surface area contributed by atoms with Gasteiger partial charge in [-0.3, -0.25) is 4.90 Å². The lowest BCUT2D eigenvalue weighted by Crippen LogP contribution is -2.52. The van der Waals surface area contributed by atoms with Gasteiger partial charge in [0.15, 0.2) is 0 Å². The van der Waals surface area contributed by atoms with Gasteiger partial charge in [0.05, 0.1) is 24.9 Å². The molecule has 3 atom stereocenters. The Bertz CT molecular complexity index is 572. The Kier molecular flexibility index (Phi) is 6.08. The molecule has 0 amide bonds. The summed E-state index contributed by atoms with van der Waals surface area (Å²) in [5.41, 5.74) is 0.589. The molecule has 5 heteroatoms. The monoisotopic (exact) mass is 330 g/mol. The molecule has 0 radical (unpaired) electrons. The molecule has 3 rings (SSSR count). The van der Waals surface area contributed by atoms with Crippen molar-refractivity contribution < 1.29 is 14.2 Å². The largest absolute Gasteiger partial charge is 0.491 e. The van der Waals surface area contributed by atoms with Crippen LogP contribution in [-0.4, -0.2) is 57.1 Å². The first-order valence-corrected chi connectivity index (χ1v) is 8.80. The van der Waals surface area contributed by atoms with Crippen molar-refractivity contribution in [2.24, 2.45) is 5.92 Å². The summed E-state index contributed by atoms with van der Waals surface area (Å²) in [6, 6.07) is 9.97. The van der Waals surface area contributed by atoms with Gasteiger partial charge in [-0.1, -0.05) is 18.6 Å². The molecule has 130 valence electrons. The smallest absolute Gasteiger partial charge is 0.137 e. The number of rotatable bonds is 6. The second-order valence-electron chi connectivity index (χ2n) is 6.50. The van der Waals surface area contributed by atoms with E-state index < -0.39 is 0 Å². The van der Waals surface area contributed by atoms with Crippen molar-refractivity contribution in [1.29, 1.82) is 5.26 Å². The number of hydrogen-bond donors (Lipinski definition) is 0. The molecule has 0 spiro atoms. The van der Waals surface area contributed by atoms with Gasteiger partial charge in [-0.15, -0.1) is 0 Å². The van der Waals surface area contributed by atoms with Gasteiger partial charge in [0.2, 0.25) is 0 Å². The summed E-state index contributed by atoms with van der Waals surface area (Å²) < 4.78 is 17.3. The molecular formula is C19H26N2O3. The Morgan fingerprint density at radius 3 is 3.04 bits per heavy atom. The van der Waals surface area contributed by atoms with Gasteiger partial charge in [-0.2, -0.15) is 5.26 Å². The third kappa shape index (κ3) is 3.89. The molecule has 2 fully saturated rings. The van der Waals surface area contributed by atoms with Crippen LogP contribution < -0.4 is 4.74 Å². The summed E-state index contributed by atoms with van der Waals surface area (Å²) in [5, 5.41) is 9.14. The van der Waals surface area contributed by atoms with E-state index in [4.69, 9.17) is 19.5 Å². The number of methoxy groups -OCH3 is 1. The zero-order valence-electron chi connectivity index (χ0n) is 14.3. The first-order chi connectivity index (χ1) is 11.8. The van der Waals surface area contributed by atoms with Crippen LogP contribution in [0.2, 0.25) is 0 Å². The molecule has 1 saturated carbocycles. The molecular weight excluding hydrogens is 304 g/mol. The normalized spacial score (nSPS) is 27.8. The van der Waals surface area contributed by atoms with Crippen molar-refractivity contribution in [3.8, 4) is 11.8 Å². The van der Waals surface area contributed by atoms with Gasteiger partial charge in [0, 0.05) is 32.2 Å². The van der Waals surface area contributed by atoms with Gasteiger partial charge in [-0.25, -0.2) is 0 Å². The number of benzene rings is 1. The minimum Gasteiger partial charge on any atom is -0.491 e. The molecule has 1 heterocycles. The van der Waals surface area contributed by atoms with E-state index >= 15 is 0 Å². The van der Waals surface area contributed by atoms with Crippen molar-refractivity contribution in [3.05, 3.63) is 29.8 Å². The zero-order valence-corrected chi connectivity index (χ0v) is 14.3. The molecule has 1 aromatic carbocycles. The first-order valence-electron chi connectivity index (χ1n) is 8.80. The first kappa shape index (κ1) is 17.2. The fourth-order valence-corrected chi connectivity index (χ4v) is 3.97. The van der Waals surface area contributed by atoms with Crippen LogP contribution in [0, 0.1) is 17.2 Å². The summed E-state index contributed by atoms with van der Waals surface area (Å²) in [7, 11) is 1.82. The summed E-state index contributed by atoms with van der Waals surface area (Å²) in [5.74, 6) is 1.21. The van der Waals surface area contributed by atoms with E-state index in [0.29, 0.717) is 36.0 Å². The predicted molar refractivity (Wildman–Crippen MR) is 91.0 cm³/mol. The molecule has 1 aliphatic carbocycles. The van der Waals surface area contributed by atoms with Gasteiger partial charge in [0.1, 0.15) is 18.4 Å². The Morgan fingerprint density at radius 2 is 2.21 bits per heavy atom. The molecule has 0 unspecified atom stereocenters. The highest BCUT2D eigenvalue weighted by Crippen LogP contribution is 2.33. The van der Waals surface area contributed by atoms with Gasteiger partial charge >= 0.3 is 0 Å². The molecule has 1 saturated heterocycles. The van der Waals surface area contributed by atoms with E-state index in [1.54, 1.807) is 6.07 Å². The third-order valence-corrected chi connectivity index (χ3v) is 5.22. The molecule has 0 bridgehead atoms. The summed E-state index contributed by atoms with van der Waals surface area (Å²) >= 11 is 0. The molecule has 5 nitrogen and oxygen atoms in total. The van der Waals surface area contributed by atoms with Crippen molar-refractivity contribution in [3.63, 3.8) is 0 Å². The number of morpholine rings is 1. The Morgan fingerprint density at radius 1 is 1.33 bits per heavy atom. The molecule has 2 aliphatic rings. The van der Waals surface area contributed by atoms with Crippen LogP contribution in [-0.2, 0) is 9.47 Å². The van der Waals surface area contributed by atoms with Gasteiger partial charge in [0.25, 0.3) is 0 Å². The van der Waals surface area contributed by atoms with Crippen LogP contribution in [0.15, 0.2) is 24.3 Å². The molecule has 0 aromatic heterocycles. The lowest BCUT2D eigenvalue weighted by Gasteiger charge is -2.40. The summed E-state index contributed by atoms with van der Waals surface area (Å²) in [4.78, 5) is 2.47. The van der Waals surface area contributed by atoms with E-state index in [1.807, 2.05) is 25.3 Å². The molecule has 24 heavy (non-hydrogen) atoms. The lowest BCUT2D eigenvalue weighted by atomic mass is 9.94. The highest BCUT2D eigenvalue weighted by Gasteiger charge is 2.38. The van der Waals surface area contributed by atoms with Gasteiger partial charge in [-0.05, 0) is 25.0 Å². The van der Waals surface area contributed by atoms with E-state index in [1.165, 1.54) is 12.8 Å². The van der Waals surface area contributed by atoms with E-state index in [-0.39, 0.29) is 0 Å². The molecule has 0 N–H and O–H groups in total. The van der Waals surface area contributed by atoms with Crippen LogP contribution in [0.5, 0.6) is 5.75 Å². The second-order valence-corrected chi connectivity index (χ2v) is 6.50. The standard InChI is InChI=1S/C19H26N2O3/c1-22-19-8-4-6-16(19)17-14-23-11-9-21(17)10-12-24-18-7-3-2-5-15(18)13-20/h2-3,5,7,16-17,19H,4,6,8-12,14H2,1H3/t16-,17-,19+/m0/s1. The average Bonchev–Trinajstić information content (AvgIpc) is 3.11. The third-order valence-electron chi connectivity index (χ3n) is 5.22. The quantitative estimate of drug-likeness (QED) is 0.802. The summed E-state index contributed by atoms with van der Waals surface area (Å²) in [6.07, 6.45) is 3.94. The Balaban J connectivity index is 1.57. The highest BCUT2D eigenvalue weighted by molar-refractivity contribution is 5.42. The minimum atomic E-state index is 0.347. The lowest BCUT2D eigenvalue weighted by molar-refractivity contribution is -0.0602. The van der Waals surface area contributed by atoms with Crippen LogP contribution in [0.4, 0.5) is 0 Å². The van der Waals surface area contributed by atoms with Gasteiger partial charge < -0.3 is 14.2 Å². The highest BCUT2D eigenvalue weighted by atomic mass is 16.5. The van der Waals surface area contributed by atoms with Crippen LogP contribution in [0.3, 0.4) is 0 Å². The maximum atomic E-state index is 9.14. The molecule has 1 aromatic rings. The minimum absolute atomic E-state index is 0.347. The maximum Gasteiger partial charge on any atom is 0.137 e. The number of ether oxygens (including phenoxy) is 3. The van der Waals surface area contributed by atoms with E-state index in [2.05, 4.69) is 11.0 Å². The Hall–Kier alpha value is -1.61. The molecule has 1 aliphatic heterocycles. The second kappa shape index (κ2) is 8.48. The number of nitriles is 1. The Labute approximate surface area is 144 Å². The number of hydrogen-bond acceptors (Lipinski definition) is 5. The van der Waals surface area contributed by atoms with Crippen molar-refractivity contribution in [2.45, 2.75) is 31.4 Å². The van der Waals surface area contributed by atoms with Crippen LogP contribution in [0.25, 0.3) is 0 Å².